The Hall–Kier alpha value is -2.92. The van der Waals surface area contributed by atoms with E-state index in [0.29, 0.717) is 22.4 Å². The third-order valence-corrected chi connectivity index (χ3v) is 5.26. The molecular weight excluding hydrogens is 372 g/mol. The van der Waals surface area contributed by atoms with Crippen LogP contribution in [0.1, 0.15) is 32.7 Å². The molecule has 0 aliphatic carbocycles. The van der Waals surface area contributed by atoms with Gasteiger partial charge in [-0.05, 0) is 54.7 Å². The minimum Gasteiger partial charge on any atom is -0.336 e. The fourth-order valence-electron chi connectivity index (χ4n) is 3.55. The number of fused-ring (bicyclic) bond motifs is 1. The highest BCUT2D eigenvalue weighted by atomic mass is 35.5. The molecule has 1 N–H and O–H groups in total. The van der Waals surface area contributed by atoms with Gasteiger partial charge in [0.2, 0.25) is 5.95 Å². The van der Waals surface area contributed by atoms with E-state index < -0.39 is 0 Å². The molecule has 28 heavy (non-hydrogen) atoms. The van der Waals surface area contributed by atoms with Crippen LogP contribution in [0.3, 0.4) is 0 Å². The predicted molar refractivity (Wildman–Crippen MR) is 112 cm³/mol. The van der Waals surface area contributed by atoms with Gasteiger partial charge in [-0.1, -0.05) is 41.9 Å². The van der Waals surface area contributed by atoms with Gasteiger partial charge in [0.05, 0.1) is 10.7 Å². The van der Waals surface area contributed by atoms with Gasteiger partial charge < -0.3 is 10.2 Å². The number of nitrogens with zero attached hydrogens (tertiary/aromatic N) is 3. The fraction of sp³-hybridized carbons (Fsp3) is 0.227. The molecule has 1 aliphatic rings. The van der Waals surface area contributed by atoms with Gasteiger partial charge in [0, 0.05) is 19.3 Å². The summed E-state index contributed by atoms with van der Waals surface area (Å²) in [6.07, 6.45) is 2.56. The summed E-state index contributed by atoms with van der Waals surface area (Å²) in [6.45, 7) is 5.46. The normalized spacial score (nSPS) is 13.2. The number of carbonyl (C=O) groups excluding carboxylic acids is 1. The Morgan fingerprint density at radius 2 is 1.93 bits per heavy atom. The highest BCUT2D eigenvalue weighted by Gasteiger charge is 2.20. The van der Waals surface area contributed by atoms with Crippen molar-refractivity contribution in [1.29, 1.82) is 0 Å². The van der Waals surface area contributed by atoms with Crippen molar-refractivity contribution in [2.24, 2.45) is 0 Å². The Morgan fingerprint density at radius 1 is 1.14 bits per heavy atom. The molecule has 6 heteroatoms. The smallest absolute Gasteiger partial charge is 0.274 e. The van der Waals surface area contributed by atoms with Crippen LogP contribution in [0.2, 0.25) is 5.02 Å². The van der Waals surface area contributed by atoms with Crippen molar-refractivity contribution in [1.82, 2.24) is 9.97 Å². The van der Waals surface area contributed by atoms with Crippen molar-refractivity contribution in [3.8, 4) is 0 Å². The van der Waals surface area contributed by atoms with Crippen LogP contribution in [0.5, 0.6) is 0 Å². The zero-order valence-corrected chi connectivity index (χ0v) is 16.6. The number of halogens is 1. The number of nitrogens with one attached hydrogen (secondary N) is 1. The Kier molecular flexibility index (Phi) is 5.01. The lowest BCUT2D eigenvalue weighted by atomic mass is 10.0. The number of hydrogen-bond donors (Lipinski definition) is 1. The van der Waals surface area contributed by atoms with Crippen molar-refractivity contribution >= 4 is 29.1 Å². The zero-order chi connectivity index (χ0) is 19.7. The van der Waals surface area contributed by atoms with Gasteiger partial charge in [0.25, 0.3) is 5.91 Å². The third kappa shape index (κ3) is 3.71. The Morgan fingerprint density at radius 3 is 2.71 bits per heavy atom. The van der Waals surface area contributed by atoms with Gasteiger partial charge in [0.15, 0.2) is 0 Å². The number of carbonyl (C=O) groups is 1. The lowest BCUT2D eigenvalue weighted by Gasteiger charge is -2.28. The second-order valence-electron chi connectivity index (χ2n) is 7.07. The number of amides is 1. The van der Waals surface area contributed by atoms with Crippen LogP contribution in [-0.4, -0.2) is 22.4 Å². The molecule has 0 radical (unpaired) electrons. The first-order valence-electron chi connectivity index (χ1n) is 9.24. The van der Waals surface area contributed by atoms with Crippen LogP contribution >= 0.6 is 11.6 Å². The Labute approximate surface area is 169 Å². The average Bonchev–Trinajstić information content (AvgIpc) is 2.70. The number of benzene rings is 2. The first kappa shape index (κ1) is 18.4. The molecule has 1 amide bonds. The Balaban J connectivity index is 1.55. The van der Waals surface area contributed by atoms with Crippen LogP contribution in [0.15, 0.2) is 48.7 Å². The lowest BCUT2D eigenvalue weighted by molar-refractivity contribution is 0.102. The van der Waals surface area contributed by atoms with Crippen molar-refractivity contribution in [3.63, 3.8) is 0 Å². The topological polar surface area (TPSA) is 58.1 Å². The predicted octanol–water partition coefficient (Wildman–Crippen LogP) is 4.56. The van der Waals surface area contributed by atoms with Crippen molar-refractivity contribution < 1.29 is 4.79 Å². The van der Waals surface area contributed by atoms with Crippen molar-refractivity contribution in [2.45, 2.75) is 26.8 Å². The van der Waals surface area contributed by atoms with E-state index in [2.05, 4.69) is 38.4 Å². The second kappa shape index (κ2) is 7.60. The summed E-state index contributed by atoms with van der Waals surface area (Å²) < 4.78 is 0. The molecule has 2 aromatic carbocycles. The number of anilines is 2. The van der Waals surface area contributed by atoms with E-state index >= 15 is 0 Å². The molecule has 0 bridgehead atoms. The SMILES string of the molecule is Cc1cc(C)c(NC(=O)c2ccnc(N3CCc4ccccc4C3)n2)c(Cl)c1. The minimum absolute atomic E-state index is 0.296. The lowest BCUT2D eigenvalue weighted by Crippen LogP contribution is -2.32. The average molecular weight is 393 g/mol. The molecular formula is C22H21ClN4O. The van der Waals surface area contributed by atoms with E-state index in [4.69, 9.17) is 11.6 Å². The second-order valence-corrected chi connectivity index (χ2v) is 7.48. The van der Waals surface area contributed by atoms with E-state index in [1.54, 1.807) is 12.3 Å². The molecule has 142 valence electrons. The van der Waals surface area contributed by atoms with Crippen LogP contribution in [0.4, 0.5) is 11.6 Å². The standard InChI is InChI=1S/C22H21ClN4O/c1-14-11-15(2)20(18(23)12-14)26-21(28)19-7-9-24-22(25-19)27-10-8-16-5-3-4-6-17(16)13-27/h3-7,9,11-12H,8,10,13H2,1-2H3,(H,26,28). The number of aromatic nitrogens is 2. The maximum absolute atomic E-state index is 12.8. The maximum Gasteiger partial charge on any atom is 0.274 e. The van der Waals surface area contributed by atoms with E-state index in [9.17, 15) is 4.79 Å². The molecule has 0 atom stereocenters. The molecule has 0 unspecified atom stereocenters. The van der Waals surface area contributed by atoms with E-state index in [1.807, 2.05) is 32.0 Å². The summed E-state index contributed by atoms with van der Waals surface area (Å²) in [5, 5.41) is 3.41. The molecule has 2 heterocycles. The third-order valence-electron chi connectivity index (χ3n) is 4.96. The van der Waals surface area contributed by atoms with Gasteiger partial charge in [0.1, 0.15) is 5.69 Å². The summed E-state index contributed by atoms with van der Waals surface area (Å²) in [5.74, 6) is 0.267. The van der Waals surface area contributed by atoms with Crippen molar-refractivity contribution in [3.05, 3.63) is 81.6 Å². The quantitative estimate of drug-likeness (QED) is 0.709. The first-order chi connectivity index (χ1) is 13.5. The summed E-state index contributed by atoms with van der Waals surface area (Å²) >= 11 is 6.31. The number of hydrogen-bond acceptors (Lipinski definition) is 4. The number of aryl methyl sites for hydroxylation is 2. The van der Waals surface area contributed by atoms with Crippen LogP contribution in [-0.2, 0) is 13.0 Å². The summed E-state index contributed by atoms with van der Waals surface area (Å²) in [4.78, 5) is 23.7. The van der Waals surface area contributed by atoms with Crippen LogP contribution in [0.25, 0.3) is 0 Å². The molecule has 4 rings (SSSR count). The molecule has 5 nitrogen and oxygen atoms in total. The molecule has 0 fully saturated rings. The molecule has 1 aromatic heterocycles. The maximum atomic E-state index is 12.8. The molecule has 3 aromatic rings. The monoisotopic (exact) mass is 392 g/mol. The minimum atomic E-state index is -0.296. The van der Waals surface area contributed by atoms with Gasteiger partial charge in [-0.25, -0.2) is 9.97 Å². The van der Waals surface area contributed by atoms with Gasteiger partial charge >= 0.3 is 0 Å². The zero-order valence-electron chi connectivity index (χ0n) is 15.9. The fourth-order valence-corrected chi connectivity index (χ4v) is 3.91. The largest absolute Gasteiger partial charge is 0.336 e. The van der Waals surface area contributed by atoms with Gasteiger partial charge in [-0.15, -0.1) is 0 Å². The highest BCUT2D eigenvalue weighted by molar-refractivity contribution is 6.34. The van der Waals surface area contributed by atoms with Gasteiger partial charge in [-0.2, -0.15) is 0 Å². The van der Waals surface area contributed by atoms with Crippen LogP contribution in [0, 0.1) is 13.8 Å². The summed E-state index contributed by atoms with van der Waals surface area (Å²) in [7, 11) is 0. The molecule has 1 aliphatic heterocycles. The first-order valence-corrected chi connectivity index (χ1v) is 9.62. The highest BCUT2D eigenvalue weighted by Crippen LogP contribution is 2.28. The Bertz CT molecular complexity index is 1030. The molecule has 0 saturated heterocycles. The molecule has 0 saturated carbocycles. The summed E-state index contributed by atoms with van der Waals surface area (Å²) in [5.41, 5.74) is 5.53. The van der Waals surface area contributed by atoms with Crippen LogP contribution < -0.4 is 10.2 Å². The molecule has 0 spiro atoms. The van der Waals surface area contributed by atoms with E-state index in [1.165, 1.54) is 11.1 Å². The van der Waals surface area contributed by atoms with Gasteiger partial charge in [-0.3, -0.25) is 4.79 Å². The summed E-state index contributed by atoms with van der Waals surface area (Å²) in [6, 6.07) is 13.8. The van der Waals surface area contributed by atoms with E-state index in [0.717, 1.165) is 30.6 Å². The van der Waals surface area contributed by atoms with E-state index in [-0.39, 0.29) is 5.91 Å². The number of rotatable bonds is 3. The van der Waals surface area contributed by atoms with Crippen molar-refractivity contribution in [2.75, 3.05) is 16.8 Å².